The van der Waals surface area contributed by atoms with Gasteiger partial charge in [0, 0.05) is 6.20 Å². The standard InChI is InChI=1S/C18H20N2O4/c1-4-23-18(22)14-8-9-19-16(10-14)20-17(21)11-24-15-7-5-6-12(2)13(15)3/h5-10H,4,11H2,1-3H3,(H,19,20,21). The van der Waals surface area contributed by atoms with Gasteiger partial charge in [0.05, 0.1) is 12.2 Å². The van der Waals surface area contributed by atoms with Gasteiger partial charge in [0.25, 0.3) is 5.91 Å². The second-order valence-electron chi connectivity index (χ2n) is 5.19. The van der Waals surface area contributed by atoms with Crippen LogP contribution in [0.2, 0.25) is 0 Å². The molecule has 6 nitrogen and oxygen atoms in total. The molecule has 0 aliphatic carbocycles. The maximum Gasteiger partial charge on any atom is 0.338 e. The molecule has 0 spiro atoms. The van der Waals surface area contributed by atoms with Crippen molar-refractivity contribution in [1.82, 2.24) is 4.98 Å². The zero-order valence-electron chi connectivity index (χ0n) is 14.0. The molecule has 1 aromatic carbocycles. The number of esters is 1. The number of nitrogens with zero attached hydrogens (tertiary/aromatic N) is 1. The molecule has 0 aliphatic heterocycles. The normalized spacial score (nSPS) is 10.1. The van der Waals surface area contributed by atoms with Gasteiger partial charge in [-0.25, -0.2) is 9.78 Å². The first-order valence-corrected chi connectivity index (χ1v) is 7.63. The quantitative estimate of drug-likeness (QED) is 0.825. The molecule has 1 heterocycles. The van der Waals surface area contributed by atoms with Gasteiger partial charge in [-0.3, -0.25) is 4.79 Å². The first-order chi connectivity index (χ1) is 11.5. The Kier molecular flexibility index (Phi) is 5.89. The Morgan fingerprint density at radius 2 is 2.00 bits per heavy atom. The number of carbonyl (C=O) groups is 2. The molecule has 0 fully saturated rings. The van der Waals surface area contributed by atoms with E-state index < -0.39 is 5.97 Å². The Morgan fingerprint density at radius 3 is 2.75 bits per heavy atom. The molecule has 126 valence electrons. The van der Waals surface area contributed by atoms with Crippen LogP contribution in [0.25, 0.3) is 0 Å². The molecule has 1 amide bonds. The molecule has 0 saturated heterocycles. The maximum atomic E-state index is 12.0. The van der Waals surface area contributed by atoms with Gasteiger partial charge in [-0.15, -0.1) is 0 Å². The number of hydrogen-bond donors (Lipinski definition) is 1. The van der Waals surface area contributed by atoms with Gasteiger partial charge in [-0.2, -0.15) is 0 Å². The monoisotopic (exact) mass is 328 g/mol. The maximum absolute atomic E-state index is 12.0. The molecule has 1 aromatic heterocycles. The molecule has 0 radical (unpaired) electrons. The summed E-state index contributed by atoms with van der Waals surface area (Å²) >= 11 is 0. The van der Waals surface area contributed by atoms with Crippen LogP contribution in [-0.2, 0) is 9.53 Å². The fraction of sp³-hybridized carbons (Fsp3) is 0.278. The molecular weight excluding hydrogens is 308 g/mol. The fourth-order valence-electron chi connectivity index (χ4n) is 2.04. The number of pyridine rings is 1. The van der Waals surface area contributed by atoms with Crippen LogP contribution < -0.4 is 10.1 Å². The number of amides is 1. The summed E-state index contributed by atoms with van der Waals surface area (Å²) in [5, 5.41) is 2.60. The lowest BCUT2D eigenvalue weighted by atomic mass is 10.1. The third kappa shape index (κ3) is 4.55. The number of nitrogens with one attached hydrogen (secondary N) is 1. The minimum atomic E-state index is -0.456. The summed E-state index contributed by atoms with van der Waals surface area (Å²) in [6.07, 6.45) is 1.44. The van der Waals surface area contributed by atoms with Crippen molar-refractivity contribution in [3.8, 4) is 5.75 Å². The Hall–Kier alpha value is -2.89. The number of hydrogen-bond acceptors (Lipinski definition) is 5. The second-order valence-corrected chi connectivity index (χ2v) is 5.19. The smallest absolute Gasteiger partial charge is 0.338 e. The van der Waals surface area contributed by atoms with E-state index in [1.54, 1.807) is 6.92 Å². The zero-order valence-corrected chi connectivity index (χ0v) is 14.0. The Balaban J connectivity index is 1.96. The predicted octanol–water partition coefficient (Wildman–Crippen LogP) is 2.89. The lowest BCUT2D eigenvalue weighted by Gasteiger charge is -2.11. The second kappa shape index (κ2) is 8.10. The minimum absolute atomic E-state index is 0.143. The van der Waals surface area contributed by atoms with E-state index in [-0.39, 0.29) is 24.9 Å². The highest BCUT2D eigenvalue weighted by molar-refractivity contribution is 5.94. The number of aromatic nitrogens is 1. The van der Waals surface area contributed by atoms with Crippen LogP contribution in [0.1, 0.15) is 28.4 Å². The van der Waals surface area contributed by atoms with Crippen molar-refractivity contribution in [3.63, 3.8) is 0 Å². The largest absolute Gasteiger partial charge is 0.483 e. The molecule has 24 heavy (non-hydrogen) atoms. The van der Waals surface area contributed by atoms with Crippen LogP contribution in [0.3, 0.4) is 0 Å². The van der Waals surface area contributed by atoms with E-state index in [0.717, 1.165) is 11.1 Å². The number of ether oxygens (including phenoxy) is 2. The summed E-state index contributed by atoms with van der Waals surface area (Å²) in [5.41, 5.74) is 2.42. The van der Waals surface area contributed by atoms with E-state index in [1.807, 2.05) is 32.0 Å². The molecule has 2 rings (SSSR count). The lowest BCUT2D eigenvalue weighted by molar-refractivity contribution is -0.118. The number of anilines is 1. The van der Waals surface area contributed by atoms with Crippen molar-refractivity contribution in [2.24, 2.45) is 0 Å². The minimum Gasteiger partial charge on any atom is -0.483 e. The number of benzene rings is 1. The van der Waals surface area contributed by atoms with Crippen molar-refractivity contribution in [2.45, 2.75) is 20.8 Å². The third-order valence-corrected chi connectivity index (χ3v) is 3.45. The molecule has 0 unspecified atom stereocenters. The molecular formula is C18H20N2O4. The summed E-state index contributed by atoms with van der Waals surface area (Å²) in [5.74, 6) is 0.125. The van der Waals surface area contributed by atoms with Gasteiger partial charge in [-0.05, 0) is 50.1 Å². The van der Waals surface area contributed by atoms with E-state index in [4.69, 9.17) is 9.47 Å². The SMILES string of the molecule is CCOC(=O)c1ccnc(NC(=O)COc2cccc(C)c2C)c1. The predicted molar refractivity (Wildman–Crippen MR) is 90.2 cm³/mol. The molecule has 0 bridgehead atoms. The number of rotatable bonds is 6. The molecule has 2 aromatic rings. The summed E-state index contributed by atoms with van der Waals surface area (Å²) in [6.45, 7) is 5.79. The summed E-state index contributed by atoms with van der Waals surface area (Å²) < 4.78 is 10.4. The van der Waals surface area contributed by atoms with E-state index in [9.17, 15) is 9.59 Å². The van der Waals surface area contributed by atoms with Crippen LogP contribution >= 0.6 is 0 Å². The van der Waals surface area contributed by atoms with Gasteiger partial charge in [0.2, 0.25) is 0 Å². The molecule has 6 heteroatoms. The third-order valence-electron chi connectivity index (χ3n) is 3.45. The Morgan fingerprint density at radius 1 is 1.21 bits per heavy atom. The van der Waals surface area contributed by atoms with Crippen molar-refractivity contribution in [1.29, 1.82) is 0 Å². The lowest BCUT2D eigenvalue weighted by Crippen LogP contribution is -2.21. The van der Waals surface area contributed by atoms with Crippen LogP contribution in [0, 0.1) is 13.8 Å². The molecule has 0 saturated carbocycles. The average molecular weight is 328 g/mol. The van der Waals surface area contributed by atoms with Crippen LogP contribution in [0.4, 0.5) is 5.82 Å². The van der Waals surface area contributed by atoms with E-state index in [1.165, 1.54) is 18.3 Å². The fourth-order valence-corrected chi connectivity index (χ4v) is 2.04. The van der Waals surface area contributed by atoms with Crippen molar-refractivity contribution < 1.29 is 19.1 Å². The van der Waals surface area contributed by atoms with Gasteiger partial charge in [0.1, 0.15) is 11.6 Å². The number of aryl methyl sites for hydroxylation is 1. The highest BCUT2D eigenvalue weighted by Crippen LogP contribution is 2.20. The van der Waals surface area contributed by atoms with Crippen LogP contribution in [-0.4, -0.2) is 30.1 Å². The highest BCUT2D eigenvalue weighted by Gasteiger charge is 2.10. The first kappa shape index (κ1) is 17.5. The topological polar surface area (TPSA) is 77.5 Å². The average Bonchev–Trinajstić information content (AvgIpc) is 2.56. The van der Waals surface area contributed by atoms with Crippen molar-refractivity contribution in [3.05, 3.63) is 53.2 Å². The van der Waals surface area contributed by atoms with Crippen LogP contribution in [0.5, 0.6) is 5.75 Å². The number of carbonyl (C=O) groups excluding carboxylic acids is 2. The molecule has 0 atom stereocenters. The van der Waals surface area contributed by atoms with Gasteiger partial charge < -0.3 is 14.8 Å². The van der Waals surface area contributed by atoms with Gasteiger partial charge in [-0.1, -0.05) is 12.1 Å². The van der Waals surface area contributed by atoms with Crippen molar-refractivity contribution >= 4 is 17.7 Å². The molecule has 0 aliphatic rings. The van der Waals surface area contributed by atoms with Gasteiger partial charge in [0.15, 0.2) is 6.61 Å². The Labute approximate surface area is 140 Å². The zero-order chi connectivity index (χ0) is 17.5. The first-order valence-electron chi connectivity index (χ1n) is 7.63. The van der Waals surface area contributed by atoms with Crippen molar-refractivity contribution in [2.75, 3.05) is 18.5 Å². The van der Waals surface area contributed by atoms with E-state index >= 15 is 0 Å². The van der Waals surface area contributed by atoms with E-state index in [2.05, 4.69) is 10.3 Å². The van der Waals surface area contributed by atoms with E-state index in [0.29, 0.717) is 11.3 Å². The summed E-state index contributed by atoms with van der Waals surface area (Å²) in [6, 6.07) is 8.66. The summed E-state index contributed by atoms with van der Waals surface area (Å²) in [7, 11) is 0. The van der Waals surface area contributed by atoms with Crippen LogP contribution in [0.15, 0.2) is 36.5 Å². The highest BCUT2D eigenvalue weighted by atomic mass is 16.5. The summed E-state index contributed by atoms with van der Waals surface area (Å²) in [4.78, 5) is 27.7. The Bertz CT molecular complexity index is 744. The molecule has 1 N–H and O–H groups in total. The van der Waals surface area contributed by atoms with Gasteiger partial charge >= 0.3 is 5.97 Å².